The lowest BCUT2D eigenvalue weighted by molar-refractivity contribution is 0.0937. The molecule has 150 valence electrons. The number of methoxy groups -OCH3 is 2. The highest BCUT2D eigenvalue weighted by Crippen LogP contribution is 2.28. The van der Waals surface area contributed by atoms with Crippen LogP contribution in [0.1, 0.15) is 15.9 Å². The van der Waals surface area contributed by atoms with Crippen LogP contribution in [-0.4, -0.2) is 64.4 Å². The van der Waals surface area contributed by atoms with E-state index < -0.39 is 0 Å². The summed E-state index contributed by atoms with van der Waals surface area (Å²) in [5.41, 5.74) is 3.06. The van der Waals surface area contributed by atoms with Gasteiger partial charge < -0.3 is 19.7 Å². The first-order chi connectivity index (χ1) is 13.7. The van der Waals surface area contributed by atoms with Crippen LogP contribution in [0.15, 0.2) is 48.5 Å². The zero-order valence-electron chi connectivity index (χ0n) is 16.7. The second-order valence-electron chi connectivity index (χ2n) is 6.88. The number of hydrogen-bond donors (Lipinski definition) is 1. The lowest BCUT2D eigenvalue weighted by atomic mass is 10.1. The fraction of sp³-hybridized carbons (Fsp3) is 0.409. The summed E-state index contributed by atoms with van der Waals surface area (Å²) in [4.78, 5) is 16.9. The lowest BCUT2D eigenvalue weighted by Gasteiger charge is -2.36. The maximum absolute atomic E-state index is 12.1. The summed E-state index contributed by atoms with van der Waals surface area (Å²) in [6, 6.07) is 16.0. The van der Waals surface area contributed by atoms with Gasteiger partial charge in [-0.1, -0.05) is 24.3 Å². The highest BCUT2D eigenvalue weighted by Gasteiger charge is 2.19. The fourth-order valence-corrected chi connectivity index (χ4v) is 3.43. The van der Waals surface area contributed by atoms with E-state index in [4.69, 9.17) is 9.47 Å². The van der Waals surface area contributed by atoms with Crippen molar-refractivity contribution in [2.45, 2.75) is 6.54 Å². The monoisotopic (exact) mass is 383 g/mol. The molecule has 1 aliphatic heterocycles. The van der Waals surface area contributed by atoms with Crippen molar-refractivity contribution in [2.75, 3.05) is 58.5 Å². The Morgan fingerprint density at radius 2 is 1.71 bits per heavy atom. The molecule has 1 heterocycles. The second-order valence-corrected chi connectivity index (χ2v) is 6.88. The minimum Gasteiger partial charge on any atom is -0.495 e. The molecule has 1 aliphatic rings. The standard InChI is InChI=1S/C22H29N3O3/c1-27-16-11-23-22(26)19-9-7-18(8-10-19)17-24-12-14-25(15-13-24)20-5-3-4-6-21(20)28-2/h3-10H,11-17H2,1-2H3,(H,23,26). The van der Waals surface area contributed by atoms with E-state index in [-0.39, 0.29) is 5.91 Å². The maximum atomic E-state index is 12.1. The van der Waals surface area contributed by atoms with Crippen LogP contribution < -0.4 is 15.0 Å². The Balaban J connectivity index is 1.50. The van der Waals surface area contributed by atoms with Crippen molar-refractivity contribution in [1.82, 2.24) is 10.2 Å². The van der Waals surface area contributed by atoms with E-state index in [1.807, 2.05) is 36.4 Å². The third-order valence-corrected chi connectivity index (χ3v) is 5.01. The van der Waals surface area contributed by atoms with Crippen LogP contribution in [0.3, 0.4) is 0 Å². The van der Waals surface area contributed by atoms with Crippen molar-refractivity contribution in [2.24, 2.45) is 0 Å². The van der Waals surface area contributed by atoms with E-state index in [2.05, 4.69) is 27.2 Å². The maximum Gasteiger partial charge on any atom is 0.251 e. The van der Waals surface area contributed by atoms with Gasteiger partial charge in [0.25, 0.3) is 5.91 Å². The molecule has 0 unspecified atom stereocenters. The van der Waals surface area contributed by atoms with Gasteiger partial charge in [-0.15, -0.1) is 0 Å². The molecule has 1 amide bonds. The van der Waals surface area contributed by atoms with Gasteiger partial charge in [0.2, 0.25) is 0 Å². The first-order valence-corrected chi connectivity index (χ1v) is 9.67. The summed E-state index contributed by atoms with van der Waals surface area (Å²) in [7, 11) is 3.34. The highest BCUT2D eigenvalue weighted by atomic mass is 16.5. The lowest BCUT2D eigenvalue weighted by Crippen LogP contribution is -2.46. The van der Waals surface area contributed by atoms with E-state index in [0.717, 1.165) is 44.2 Å². The normalized spacial score (nSPS) is 14.7. The number of benzene rings is 2. The first-order valence-electron chi connectivity index (χ1n) is 9.67. The van der Waals surface area contributed by atoms with Crippen molar-refractivity contribution in [3.8, 4) is 5.75 Å². The van der Waals surface area contributed by atoms with E-state index >= 15 is 0 Å². The molecule has 0 spiro atoms. The SMILES string of the molecule is COCCNC(=O)c1ccc(CN2CCN(c3ccccc3OC)CC2)cc1. The molecule has 1 saturated heterocycles. The molecular formula is C22H29N3O3. The van der Waals surface area contributed by atoms with Gasteiger partial charge in [0.15, 0.2) is 0 Å². The number of para-hydroxylation sites is 2. The third-order valence-electron chi connectivity index (χ3n) is 5.01. The molecule has 28 heavy (non-hydrogen) atoms. The van der Waals surface area contributed by atoms with Crippen LogP contribution in [0.4, 0.5) is 5.69 Å². The minimum absolute atomic E-state index is 0.0611. The fourth-order valence-electron chi connectivity index (χ4n) is 3.43. The molecule has 0 bridgehead atoms. The quantitative estimate of drug-likeness (QED) is 0.710. The van der Waals surface area contributed by atoms with Crippen LogP contribution in [0.25, 0.3) is 0 Å². The average molecular weight is 383 g/mol. The molecule has 2 aromatic carbocycles. The van der Waals surface area contributed by atoms with Crippen molar-refractivity contribution in [3.05, 3.63) is 59.7 Å². The number of nitrogens with zero attached hydrogens (tertiary/aromatic N) is 2. The molecule has 1 fully saturated rings. The highest BCUT2D eigenvalue weighted by molar-refractivity contribution is 5.94. The molecule has 6 heteroatoms. The number of piperazine rings is 1. The summed E-state index contributed by atoms with van der Waals surface area (Å²) in [6.45, 7) is 5.87. The Morgan fingerprint density at radius 1 is 1.00 bits per heavy atom. The minimum atomic E-state index is -0.0611. The Kier molecular flexibility index (Phi) is 7.28. The summed E-state index contributed by atoms with van der Waals surface area (Å²) in [5.74, 6) is 0.865. The van der Waals surface area contributed by atoms with Crippen LogP contribution in [0, 0.1) is 0 Å². The Bertz CT molecular complexity index is 756. The second kappa shape index (κ2) is 10.1. The molecule has 0 atom stereocenters. The van der Waals surface area contributed by atoms with E-state index in [1.165, 1.54) is 5.56 Å². The molecular weight excluding hydrogens is 354 g/mol. The number of ether oxygens (including phenoxy) is 2. The number of carbonyl (C=O) groups excluding carboxylic acids is 1. The van der Waals surface area contributed by atoms with Crippen LogP contribution in [0.5, 0.6) is 5.75 Å². The number of carbonyl (C=O) groups is 1. The predicted octanol–water partition coefficient (Wildman–Crippen LogP) is 2.39. The predicted molar refractivity (Wildman–Crippen MR) is 111 cm³/mol. The third kappa shape index (κ3) is 5.24. The molecule has 0 aliphatic carbocycles. The topological polar surface area (TPSA) is 54.0 Å². The number of hydrogen-bond acceptors (Lipinski definition) is 5. The number of rotatable bonds is 8. The average Bonchev–Trinajstić information content (AvgIpc) is 2.75. The molecule has 0 aromatic heterocycles. The van der Waals surface area contributed by atoms with Gasteiger partial charge in [0, 0.05) is 51.9 Å². The molecule has 2 aromatic rings. The number of amides is 1. The van der Waals surface area contributed by atoms with Gasteiger partial charge in [0.1, 0.15) is 5.75 Å². The first kappa shape index (κ1) is 20.2. The number of anilines is 1. The van der Waals surface area contributed by atoms with E-state index in [1.54, 1.807) is 14.2 Å². The van der Waals surface area contributed by atoms with Gasteiger partial charge in [0.05, 0.1) is 19.4 Å². The summed E-state index contributed by atoms with van der Waals surface area (Å²) < 4.78 is 10.4. The van der Waals surface area contributed by atoms with Crippen LogP contribution >= 0.6 is 0 Å². The molecule has 1 N–H and O–H groups in total. The summed E-state index contributed by atoms with van der Waals surface area (Å²) >= 11 is 0. The molecule has 0 radical (unpaired) electrons. The zero-order valence-corrected chi connectivity index (χ0v) is 16.7. The Labute approximate surface area is 167 Å². The van der Waals surface area contributed by atoms with E-state index in [0.29, 0.717) is 18.7 Å². The van der Waals surface area contributed by atoms with Crippen LogP contribution in [0.2, 0.25) is 0 Å². The van der Waals surface area contributed by atoms with Gasteiger partial charge in [-0.2, -0.15) is 0 Å². The van der Waals surface area contributed by atoms with Crippen LogP contribution in [-0.2, 0) is 11.3 Å². The molecule has 0 saturated carbocycles. The summed E-state index contributed by atoms with van der Waals surface area (Å²) in [5, 5.41) is 2.84. The number of nitrogens with one attached hydrogen (secondary N) is 1. The Morgan fingerprint density at radius 3 is 2.39 bits per heavy atom. The van der Waals surface area contributed by atoms with Crippen molar-refractivity contribution >= 4 is 11.6 Å². The van der Waals surface area contributed by atoms with Gasteiger partial charge >= 0.3 is 0 Å². The van der Waals surface area contributed by atoms with Gasteiger partial charge in [-0.25, -0.2) is 0 Å². The smallest absolute Gasteiger partial charge is 0.251 e. The van der Waals surface area contributed by atoms with Gasteiger partial charge in [-0.3, -0.25) is 9.69 Å². The summed E-state index contributed by atoms with van der Waals surface area (Å²) in [6.07, 6.45) is 0. The Hall–Kier alpha value is -2.57. The van der Waals surface area contributed by atoms with Crippen molar-refractivity contribution in [1.29, 1.82) is 0 Å². The van der Waals surface area contributed by atoms with Gasteiger partial charge in [-0.05, 0) is 29.8 Å². The van der Waals surface area contributed by atoms with Crippen molar-refractivity contribution < 1.29 is 14.3 Å². The molecule has 3 rings (SSSR count). The zero-order chi connectivity index (χ0) is 19.8. The van der Waals surface area contributed by atoms with E-state index in [9.17, 15) is 4.79 Å². The van der Waals surface area contributed by atoms with Crippen molar-refractivity contribution in [3.63, 3.8) is 0 Å². The molecule has 6 nitrogen and oxygen atoms in total. The largest absolute Gasteiger partial charge is 0.495 e.